The third kappa shape index (κ3) is 4.99. The summed E-state index contributed by atoms with van der Waals surface area (Å²) in [6, 6.07) is 3.52. The number of halogens is 2. The number of hydrogen-bond acceptors (Lipinski definition) is 2. The lowest BCUT2D eigenvalue weighted by Crippen LogP contribution is -2.21. The first-order valence-electron chi connectivity index (χ1n) is 4.12. The summed E-state index contributed by atoms with van der Waals surface area (Å²) in [6.45, 7) is 4.01. The van der Waals surface area contributed by atoms with E-state index in [9.17, 15) is 4.79 Å². The van der Waals surface area contributed by atoms with E-state index < -0.39 is 0 Å². The summed E-state index contributed by atoms with van der Waals surface area (Å²) in [4.78, 5) is 11.2. The number of carbonyl (C=O) groups is 1. The predicted octanol–water partition coefficient (Wildman–Crippen LogP) is 3.08. The number of furan rings is 1. The molecule has 15 heavy (non-hydrogen) atoms. The molecule has 0 fully saturated rings. The van der Waals surface area contributed by atoms with Crippen molar-refractivity contribution in [3.05, 3.63) is 39.7 Å². The van der Waals surface area contributed by atoms with Crippen LogP contribution in [0.3, 0.4) is 0 Å². The van der Waals surface area contributed by atoms with Crippen molar-refractivity contribution in [1.82, 2.24) is 5.32 Å². The largest absolute Gasteiger partial charge is 0.450 e. The van der Waals surface area contributed by atoms with E-state index in [4.69, 9.17) is 4.42 Å². The Morgan fingerprint density at radius 3 is 2.87 bits per heavy atom. The van der Waals surface area contributed by atoms with Crippen LogP contribution in [0, 0.1) is 0 Å². The van der Waals surface area contributed by atoms with Crippen molar-refractivity contribution >= 4 is 43.8 Å². The van der Waals surface area contributed by atoms with Gasteiger partial charge in [-0.3, -0.25) is 4.79 Å². The summed E-state index contributed by atoms with van der Waals surface area (Å²) in [5.74, 6) is 0.429. The highest BCUT2D eigenvalue weighted by Gasteiger charge is 1.97. The van der Waals surface area contributed by atoms with Crippen LogP contribution in [-0.2, 0) is 4.79 Å². The van der Waals surface area contributed by atoms with Gasteiger partial charge >= 0.3 is 0 Å². The van der Waals surface area contributed by atoms with Gasteiger partial charge in [-0.25, -0.2) is 0 Å². The molecule has 0 unspecified atom stereocenters. The van der Waals surface area contributed by atoms with Gasteiger partial charge in [0.05, 0.1) is 0 Å². The summed E-state index contributed by atoms with van der Waals surface area (Å²) < 4.78 is 6.54. The molecule has 0 saturated carbocycles. The second kappa shape index (κ2) is 5.92. The first-order chi connectivity index (χ1) is 7.08. The Hall–Kier alpha value is -0.810. The van der Waals surface area contributed by atoms with Gasteiger partial charge in [0, 0.05) is 17.1 Å². The number of rotatable bonds is 4. The molecule has 1 N–H and O–H groups in total. The monoisotopic (exact) mass is 333 g/mol. The number of nitrogens with one attached hydrogen (secondary N) is 1. The van der Waals surface area contributed by atoms with E-state index in [1.807, 2.05) is 0 Å². The summed E-state index contributed by atoms with van der Waals surface area (Å²) in [7, 11) is 0. The highest BCUT2D eigenvalue weighted by molar-refractivity contribution is 9.11. The van der Waals surface area contributed by atoms with Crippen LogP contribution in [0.4, 0.5) is 0 Å². The maximum Gasteiger partial charge on any atom is 0.244 e. The zero-order valence-electron chi connectivity index (χ0n) is 7.80. The van der Waals surface area contributed by atoms with Crippen molar-refractivity contribution in [2.75, 3.05) is 6.54 Å². The van der Waals surface area contributed by atoms with E-state index >= 15 is 0 Å². The molecule has 0 aromatic carbocycles. The van der Waals surface area contributed by atoms with Crippen LogP contribution in [0.15, 0.2) is 38.4 Å². The lowest BCUT2D eigenvalue weighted by atomic mass is 10.4. The Morgan fingerprint density at radius 2 is 2.33 bits per heavy atom. The Labute approximate surface area is 104 Å². The molecule has 1 aromatic rings. The van der Waals surface area contributed by atoms with Crippen LogP contribution in [-0.4, -0.2) is 12.5 Å². The van der Waals surface area contributed by atoms with E-state index in [1.165, 1.54) is 6.08 Å². The van der Waals surface area contributed by atoms with E-state index in [-0.39, 0.29) is 5.91 Å². The number of amides is 1. The first-order valence-corrected chi connectivity index (χ1v) is 5.71. The maximum atomic E-state index is 11.2. The second-order valence-electron chi connectivity index (χ2n) is 2.71. The molecule has 0 bridgehead atoms. The molecule has 1 aromatic heterocycles. The summed E-state index contributed by atoms with van der Waals surface area (Å²) in [6.07, 6.45) is 3.00. The molecule has 1 rings (SSSR count). The van der Waals surface area contributed by atoms with Crippen LogP contribution < -0.4 is 5.32 Å². The summed E-state index contributed by atoms with van der Waals surface area (Å²) in [5, 5.41) is 2.63. The molecule has 0 aliphatic heterocycles. The quantitative estimate of drug-likeness (QED) is 0.860. The van der Waals surface area contributed by atoms with Gasteiger partial charge in [-0.2, -0.15) is 0 Å². The predicted molar refractivity (Wildman–Crippen MR) is 66.5 cm³/mol. The van der Waals surface area contributed by atoms with E-state index in [1.54, 1.807) is 18.2 Å². The molecular formula is C10H9Br2NO2. The van der Waals surface area contributed by atoms with Crippen molar-refractivity contribution in [2.45, 2.75) is 0 Å². The molecule has 5 heteroatoms. The van der Waals surface area contributed by atoms with E-state index in [0.29, 0.717) is 17.0 Å². The van der Waals surface area contributed by atoms with Gasteiger partial charge < -0.3 is 9.73 Å². The van der Waals surface area contributed by atoms with Gasteiger partial charge in [-0.15, -0.1) is 0 Å². The third-order valence-electron chi connectivity index (χ3n) is 1.45. The second-order valence-corrected chi connectivity index (χ2v) is 4.61. The minimum Gasteiger partial charge on any atom is -0.450 e. The zero-order valence-corrected chi connectivity index (χ0v) is 11.0. The van der Waals surface area contributed by atoms with Gasteiger partial charge in [0.15, 0.2) is 4.67 Å². The van der Waals surface area contributed by atoms with Crippen molar-refractivity contribution in [2.24, 2.45) is 0 Å². The molecule has 3 nitrogen and oxygen atoms in total. The average Bonchev–Trinajstić information content (AvgIpc) is 2.58. The minimum absolute atomic E-state index is 0.192. The summed E-state index contributed by atoms with van der Waals surface area (Å²) in [5.41, 5.74) is 0. The van der Waals surface area contributed by atoms with Crippen molar-refractivity contribution in [1.29, 1.82) is 0 Å². The van der Waals surface area contributed by atoms with Crippen molar-refractivity contribution < 1.29 is 9.21 Å². The van der Waals surface area contributed by atoms with Crippen LogP contribution >= 0.6 is 31.9 Å². The molecule has 1 amide bonds. The van der Waals surface area contributed by atoms with E-state index in [2.05, 4.69) is 43.8 Å². The van der Waals surface area contributed by atoms with Gasteiger partial charge in [0.2, 0.25) is 5.91 Å². The molecular weight excluding hydrogens is 326 g/mol. The standard InChI is InChI=1S/C10H9Br2NO2/c1-7(11)6-13-10(14)5-3-8-2-4-9(12)15-8/h2-5H,1,6H2,(H,13,14)/b5-3+. The van der Waals surface area contributed by atoms with Crippen molar-refractivity contribution in [3.8, 4) is 0 Å². The lowest BCUT2D eigenvalue weighted by molar-refractivity contribution is -0.116. The molecule has 0 spiro atoms. The highest BCUT2D eigenvalue weighted by atomic mass is 79.9. The number of carbonyl (C=O) groups excluding carboxylic acids is 1. The fourth-order valence-corrected chi connectivity index (χ4v) is 1.28. The Balaban J connectivity index is 2.44. The van der Waals surface area contributed by atoms with Crippen LogP contribution in [0.5, 0.6) is 0 Å². The molecule has 80 valence electrons. The van der Waals surface area contributed by atoms with Crippen LogP contribution in [0.2, 0.25) is 0 Å². The molecule has 1 heterocycles. The average molecular weight is 335 g/mol. The Morgan fingerprint density at radius 1 is 1.60 bits per heavy atom. The molecule has 0 aliphatic rings. The lowest BCUT2D eigenvalue weighted by Gasteiger charge is -1.97. The Bertz CT molecular complexity index is 396. The normalized spacial score (nSPS) is 10.5. The van der Waals surface area contributed by atoms with Gasteiger partial charge in [0.1, 0.15) is 5.76 Å². The third-order valence-corrected chi connectivity index (χ3v) is 2.15. The van der Waals surface area contributed by atoms with E-state index in [0.717, 1.165) is 4.48 Å². The SMILES string of the molecule is C=C(Br)CNC(=O)/C=C/c1ccc(Br)o1. The molecule has 0 aliphatic carbocycles. The topological polar surface area (TPSA) is 42.2 Å². The zero-order chi connectivity index (χ0) is 11.3. The van der Waals surface area contributed by atoms with Gasteiger partial charge in [-0.1, -0.05) is 22.5 Å². The smallest absolute Gasteiger partial charge is 0.244 e. The maximum absolute atomic E-state index is 11.2. The van der Waals surface area contributed by atoms with Gasteiger partial charge in [0.25, 0.3) is 0 Å². The highest BCUT2D eigenvalue weighted by Crippen LogP contribution is 2.14. The molecule has 0 saturated heterocycles. The van der Waals surface area contributed by atoms with Crippen molar-refractivity contribution in [3.63, 3.8) is 0 Å². The van der Waals surface area contributed by atoms with Gasteiger partial charge in [-0.05, 0) is 34.1 Å². The van der Waals surface area contributed by atoms with Crippen LogP contribution in [0.1, 0.15) is 5.76 Å². The Kier molecular flexibility index (Phi) is 4.84. The minimum atomic E-state index is -0.192. The molecule has 0 atom stereocenters. The fraction of sp³-hybridized carbons (Fsp3) is 0.100. The summed E-state index contributed by atoms with van der Waals surface area (Å²) >= 11 is 6.31. The fourth-order valence-electron chi connectivity index (χ4n) is 0.818. The number of hydrogen-bond donors (Lipinski definition) is 1. The molecule has 0 radical (unpaired) electrons. The first kappa shape index (κ1) is 12.3. The van der Waals surface area contributed by atoms with Crippen LogP contribution in [0.25, 0.3) is 6.08 Å².